The van der Waals surface area contributed by atoms with E-state index in [1.54, 1.807) is 0 Å². The van der Waals surface area contributed by atoms with Crippen LogP contribution in [0.3, 0.4) is 0 Å². The van der Waals surface area contributed by atoms with E-state index >= 15 is 0 Å². The van der Waals surface area contributed by atoms with Gasteiger partial charge in [-0.05, 0) is 96.3 Å². The lowest BCUT2D eigenvalue weighted by Gasteiger charge is -2.30. The Balaban J connectivity index is 4.15. The van der Waals surface area contributed by atoms with Crippen LogP contribution in [0.5, 0.6) is 0 Å². The first-order valence-electron chi connectivity index (χ1n) is 30.4. The fourth-order valence-corrected chi connectivity index (χ4v) is 9.96. The van der Waals surface area contributed by atoms with E-state index in [2.05, 4.69) is 57.2 Å². The summed E-state index contributed by atoms with van der Waals surface area (Å²) in [4.78, 5) is 0. The maximum Gasteiger partial charge on any atom is 0.0154 e. The van der Waals surface area contributed by atoms with Gasteiger partial charge in [0.15, 0.2) is 0 Å². The van der Waals surface area contributed by atoms with Crippen molar-refractivity contribution >= 4 is 0 Å². The van der Waals surface area contributed by atoms with Crippen LogP contribution < -0.4 is 5.73 Å². The van der Waals surface area contributed by atoms with Gasteiger partial charge in [0.25, 0.3) is 0 Å². The second kappa shape index (κ2) is 56.5. The number of rotatable bonds is 56. The molecule has 2 N–H and O–H groups in total. The maximum absolute atomic E-state index is 7.30. The summed E-state index contributed by atoms with van der Waals surface area (Å²) in [5, 5.41) is 0. The van der Waals surface area contributed by atoms with Crippen molar-refractivity contribution < 1.29 is 0 Å². The van der Waals surface area contributed by atoms with E-state index in [-0.39, 0.29) is 5.54 Å². The monoisotopic (exact) mass is 894 g/mol. The van der Waals surface area contributed by atoms with Crippen LogP contribution in [-0.4, -0.2) is 5.54 Å². The van der Waals surface area contributed by atoms with Crippen molar-refractivity contribution in [3.05, 3.63) is 36.5 Å². The van der Waals surface area contributed by atoms with Crippen molar-refractivity contribution in [1.82, 2.24) is 0 Å². The molecule has 0 aliphatic rings. The molecule has 1 nitrogen and oxygen atoms in total. The summed E-state index contributed by atoms with van der Waals surface area (Å²) >= 11 is 0. The third kappa shape index (κ3) is 53.8. The number of hydrogen-bond acceptors (Lipinski definition) is 1. The zero-order chi connectivity index (χ0) is 46.2. The topological polar surface area (TPSA) is 26.0 Å². The lowest BCUT2D eigenvalue weighted by atomic mass is 9.82. The smallest absolute Gasteiger partial charge is 0.0154 e. The molecule has 0 bridgehead atoms. The highest BCUT2D eigenvalue weighted by Crippen LogP contribution is 2.27. The molecule has 0 unspecified atom stereocenters. The minimum absolute atomic E-state index is 0.0909. The van der Waals surface area contributed by atoms with Gasteiger partial charge in [-0.15, -0.1) is 0 Å². The molecular weight excluding hydrogens is 771 g/mol. The first-order chi connectivity index (χ1) is 31.7. The Morgan fingerprint density at radius 3 is 0.516 bits per heavy atom. The molecule has 64 heavy (non-hydrogen) atoms. The highest BCUT2D eigenvalue weighted by Gasteiger charge is 2.23. The Morgan fingerprint density at radius 1 is 0.203 bits per heavy atom. The summed E-state index contributed by atoms with van der Waals surface area (Å²) in [6, 6.07) is 0. The summed E-state index contributed by atoms with van der Waals surface area (Å²) in [7, 11) is 0. The van der Waals surface area contributed by atoms with Gasteiger partial charge in [0.1, 0.15) is 0 Å². The molecule has 0 saturated carbocycles. The third-order valence-electron chi connectivity index (χ3n) is 14.6. The molecule has 0 spiro atoms. The standard InChI is InChI=1S/C63H123N/c1-4-7-10-13-16-19-22-25-28-31-33-35-37-40-43-46-49-52-55-58-61-63(64,60-57-54-51-48-45-42-39-30-27-24-21-18-15-12-9-6-3)62-59-56-53-50-47-44-41-38-36-34-32-29-26-23-20-17-14-11-8-5-2/h25-30H,4-24,31-62,64H2,1-3H3. The van der Waals surface area contributed by atoms with Gasteiger partial charge in [0.05, 0.1) is 0 Å². The quantitative estimate of drug-likeness (QED) is 0.0478. The average molecular weight is 895 g/mol. The molecule has 0 aromatic carbocycles. The Labute approximate surface area is 407 Å². The van der Waals surface area contributed by atoms with Crippen LogP contribution in [0.4, 0.5) is 0 Å². The predicted molar refractivity (Wildman–Crippen MR) is 296 cm³/mol. The van der Waals surface area contributed by atoms with Crippen LogP contribution in [0, 0.1) is 0 Å². The first-order valence-corrected chi connectivity index (χ1v) is 30.4. The number of nitrogens with two attached hydrogens (primary N) is 1. The minimum Gasteiger partial charge on any atom is -0.325 e. The normalized spacial score (nSPS) is 13.1. The van der Waals surface area contributed by atoms with Gasteiger partial charge >= 0.3 is 0 Å². The van der Waals surface area contributed by atoms with Crippen LogP contribution in [0.2, 0.25) is 0 Å². The van der Waals surface area contributed by atoms with Crippen molar-refractivity contribution in [1.29, 1.82) is 0 Å². The predicted octanol–water partition coefficient (Wildman–Crippen LogP) is 23.1. The Bertz CT molecular complexity index is 862. The van der Waals surface area contributed by atoms with Gasteiger partial charge in [-0.2, -0.15) is 0 Å². The second-order valence-electron chi connectivity index (χ2n) is 21.3. The molecule has 0 radical (unpaired) electrons. The molecule has 1 heteroatoms. The van der Waals surface area contributed by atoms with E-state index in [0.29, 0.717) is 0 Å². The first kappa shape index (κ1) is 63.2. The van der Waals surface area contributed by atoms with E-state index in [1.165, 1.54) is 340 Å². The van der Waals surface area contributed by atoms with E-state index in [1.807, 2.05) is 0 Å². The van der Waals surface area contributed by atoms with Crippen molar-refractivity contribution in [3.63, 3.8) is 0 Å². The van der Waals surface area contributed by atoms with Crippen LogP contribution in [0.25, 0.3) is 0 Å². The molecule has 0 aliphatic heterocycles. The summed E-state index contributed by atoms with van der Waals surface area (Å²) in [6.45, 7) is 6.91. The van der Waals surface area contributed by atoms with E-state index in [4.69, 9.17) is 5.73 Å². The summed E-state index contributed by atoms with van der Waals surface area (Å²) in [5.41, 5.74) is 7.40. The number of allylic oxidation sites excluding steroid dienone is 6. The fourth-order valence-electron chi connectivity index (χ4n) is 9.96. The van der Waals surface area contributed by atoms with Gasteiger partial charge in [-0.1, -0.05) is 301 Å². The Morgan fingerprint density at radius 2 is 0.344 bits per heavy atom. The van der Waals surface area contributed by atoms with Crippen molar-refractivity contribution in [2.24, 2.45) is 5.73 Å². The number of unbranched alkanes of at least 4 members (excludes halogenated alkanes) is 44. The van der Waals surface area contributed by atoms with Crippen molar-refractivity contribution in [2.75, 3.05) is 0 Å². The maximum atomic E-state index is 7.30. The summed E-state index contributed by atoms with van der Waals surface area (Å²) in [5.74, 6) is 0. The lowest BCUT2D eigenvalue weighted by molar-refractivity contribution is 0.302. The van der Waals surface area contributed by atoms with E-state index in [0.717, 1.165) is 0 Å². The molecule has 0 atom stereocenters. The Kier molecular flexibility index (Phi) is 55.8. The van der Waals surface area contributed by atoms with Crippen LogP contribution in [0.15, 0.2) is 36.5 Å². The summed E-state index contributed by atoms with van der Waals surface area (Å²) < 4.78 is 0. The SMILES string of the molecule is CCCCCCCCC=CCCCCCCCCCCCCC(N)(CCCCCCCCC=CCCCCCCCC)CCCCCCCCCCCCC=CCCCCCCCC. The van der Waals surface area contributed by atoms with Gasteiger partial charge in [0, 0.05) is 5.54 Å². The zero-order valence-corrected chi connectivity index (χ0v) is 45.0. The second-order valence-corrected chi connectivity index (χ2v) is 21.3. The fraction of sp³-hybridized carbons (Fsp3) is 0.905. The highest BCUT2D eigenvalue weighted by atomic mass is 14.7. The van der Waals surface area contributed by atoms with Gasteiger partial charge in [-0.3, -0.25) is 0 Å². The molecule has 0 saturated heterocycles. The van der Waals surface area contributed by atoms with Crippen LogP contribution in [-0.2, 0) is 0 Å². The molecular formula is C63H123N. The molecule has 0 amide bonds. The molecule has 0 aliphatic carbocycles. The largest absolute Gasteiger partial charge is 0.325 e. The molecule has 380 valence electrons. The van der Waals surface area contributed by atoms with Gasteiger partial charge in [-0.25, -0.2) is 0 Å². The molecule has 0 aromatic heterocycles. The molecule has 0 aromatic rings. The van der Waals surface area contributed by atoms with E-state index < -0.39 is 0 Å². The van der Waals surface area contributed by atoms with Crippen LogP contribution in [0.1, 0.15) is 361 Å². The van der Waals surface area contributed by atoms with Gasteiger partial charge < -0.3 is 5.73 Å². The Hall–Kier alpha value is -0.820. The van der Waals surface area contributed by atoms with Crippen molar-refractivity contribution in [3.8, 4) is 0 Å². The average Bonchev–Trinajstić information content (AvgIpc) is 3.30. The van der Waals surface area contributed by atoms with Crippen molar-refractivity contribution in [2.45, 2.75) is 367 Å². The molecule has 0 heterocycles. The zero-order valence-electron chi connectivity index (χ0n) is 45.0. The lowest BCUT2D eigenvalue weighted by Crippen LogP contribution is -2.39. The van der Waals surface area contributed by atoms with Crippen LogP contribution >= 0.6 is 0 Å². The minimum atomic E-state index is 0.0909. The molecule has 0 fully saturated rings. The molecule has 0 rings (SSSR count). The third-order valence-corrected chi connectivity index (χ3v) is 14.6. The van der Waals surface area contributed by atoms with Gasteiger partial charge in [0.2, 0.25) is 0 Å². The summed E-state index contributed by atoms with van der Waals surface area (Å²) in [6.07, 6.45) is 88.4. The highest BCUT2D eigenvalue weighted by molar-refractivity contribution is 4.85. The van der Waals surface area contributed by atoms with E-state index in [9.17, 15) is 0 Å². The number of hydrogen-bond donors (Lipinski definition) is 1.